The molecule has 0 N–H and O–H groups in total. The van der Waals surface area contributed by atoms with Crippen LogP contribution < -0.4 is 0 Å². The summed E-state index contributed by atoms with van der Waals surface area (Å²) in [4.78, 5) is 0. The normalized spacial score (nSPS) is 36.7. The van der Waals surface area contributed by atoms with Gasteiger partial charge in [0.1, 0.15) is 0 Å². The van der Waals surface area contributed by atoms with E-state index in [9.17, 15) is 0 Å². The molecule has 12 aliphatic rings. The van der Waals surface area contributed by atoms with Crippen molar-refractivity contribution in [1.82, 2.24) is 0 Å². The predicted molar refractivity (Wildman–Crippen MR) is 421 cm³/mol. The molecule has 0 aromatic heterocycles. The van der Waals surface area contributed by atoms with Gasteiger partial charge in [-0.2, -0.15) is 0 Å². The summed E-state index contributed by atoms with van der Waals surface area (Å²) in [5.41, 5.74) is 7.10. The van der Waals surface area contributed by atoms with Crippen LogP contribution in [-0.2, 0) is 0 Å². The molecule has 0 aliphatic heterocycles. The van der Waals surface area contributed by atoms with Gasteiger partial charge in [-0.25, -0.2) is 0 Å². The van der Waals surface area contributed by atoms with Crippen LogP contribution in [0.5, 0.6) is 0 Å². The van der Waals surface area contributed by atoms with Crippen molar-refractivity contribution in [2.45, 2.75) is 440 Å². The summed E-state index contributed by atoms with van der Waals surface area (Å²) in [6, 6.07) is 0. The predicted octanol–water partition coefficient (Wildman–Crippen LogP) is 31.7. The Morgan fingerprint density at radius 1 is 0.301 bits per heavy atom. The van der Waals surface area contributed by atoms with Gasteiger partial charge in [-0.15, -0.1) is 0 Å². The van der Waals surface area contributed by atoms with Crippen LogP contribution in [-0.4, -0.2) is 0 Å². The first kappa shape index (κ1) is 85.4. The molecular weight excluding hydrogens is 1120 g/mol. The van der Waals surface area contributed by atoms with Crippen LogP contribution in [0.3, 0.4) is 0 Å². The summed E-state index contributed by atoms with van der Waals surface area (Å²) < 4.78 is 0. The molecule has 0 heteroatoms. The second-order valence-corrected chi connectivity index (χ2v) is 46.3. The van der Waals surface area contributed by atoms with Gasteiger partial charge < -0.3 is 0 Å². The molecule has 0 nitrogen and oxygen atoms in total. The maximum Gasteiger partial charge on any atom is -0.0295 e. The van der Waals surface area contributed by atoms with Gasteiger partial charge in [0.05, 0.1) is 0 Å². The highest BCUT2D eigenvalue weighted by molar-refractivity contribution is 5.01. The Hall–Kier alpha value is 0. The molecule has 9 unspecified atom stereocenters. The highest BCUT2D eigenvalue weighted by Gasteiger charge is 2.52. The molecule has 12 fully saturated rings. The lowest BCUT2D eigenvalue weighted by Crippen LogP contribution is -2.38. The van der Waals surface area contributed by atoms with E-state index in [1.165, 1.54) is 173 Å². The van der Waals surface area contributed by atoms with Gasteiger partial charge in [0.2, 0.25) is 0 Å². The minimum atomic E-state index is 0.547. The summed E-state index contributed by atoms with van der Waals surface area (Å²) in [5, 5.41) is 0. The third-order valence-corrected chi connectivity index (χ3v) is 30.2. The van der Waals surface area contributed by atoms with Crippen LogP contribution in [0, 0.1) is 154 Å². The van der Waals surface area contributed by atoms with Crippen LogP contribution >= 0.6 is 0 Å². The lowest BCUT2D eigenvalue weighted by Gasteiger charge is -2.49. The highest BCUT2D eigenvalue weighted by Crippen LogP contribution is 2.61. The first-order valence-electron chi connectivity index (χ1n) is 42.2. The van der Waals surface area contributed by atoms with E-state index >= 15 is 0 Å². The summed E-state index contributed by atoms with van der Waals surface area (Å²) in [6.45, 7) is 79.5. The largest absolute Gasteiger partial charge is 0.0651 e. The van der Waals surface area contributed by atoms with Gasteiger partial charge in [-0.05, 0) is 301 Å². The zero-order valence-electron chi connectivity index (χ0n) is 71.0. The van der Waals surface area contributed by atoms with Crippen LogP contribution in [0.25, 0.3) is 0 Å². The monoisotopic (exact) mass is 1300 g/mol. The Labute approximate surface area is 590 Å². The van der Waals surface area contributed by atoms with Gasteiger partial charge in [-0.3, -0.25) is 0 Å². The van der Waals surface area contributed by atoms with E-state index in [0.717, 1.165) is 88.8 Å². The smallest absolute Gasteiger partial charge is 0.0295 e. The van der Waals surface area contributed by atoms with Crippen LogP contribution in [0.15, 0.2) is 0 Å². The number of rotatable bonds is 3. The molecule has 12 saturated carbocycles. The molecule has 6 bridgehead atoms. The van der Waals surface area contributed by atoms with Crippen LogP contribution in [0.1, 0.15) is 440 Å². The molecule has 12 aliphatic carbocycles. The lowest BCUT2D eigenvalue weighted by atomic mass is 9.56. The van der Waals surface area contributed by atoms with Gasteiger partial charge >= 0.3 is 0 Å². The Bertz CT molecular complexity index is 1990. The molecule has 552 valence electrons. The fourth-order valence-electron chi connectivity index (χ4n) is 26.1. The molecule has 93 heavy (non-hydrogen) atoms. The fourth-order valence-corrected chi connectivity index (χ4v) is 26.1. The number of hydrogen-bond acceptors (Lipinski definition) is 0. The Balaban J connectivity index is 0.000000223. The second-order valence-electron chi connectivity index (χ2n) is 46.3. The van der Waals surface area contributed by atoms with Crippen LogP contribution in [0.4, 0.5) is 0 Å². The van der Waals surface area contributed by atoms with E-state index in [4.69, 9.17) is 0 Å². The van der Waals surface area contributed by atoms with Gasteiger partial charge in [0.15, 0.2) is 0 Å². The average molecular weight is 1300 g/mol. The third kappa shape index (κ3) is 27.4. The van der Waals surface area contributed by atoms with Crippen molar-refractivity contribution >= 4 is 0 Å². The third-order valence-electron chi connectivity index (χ3n) is 30.2. The van der Waals surface area contributed by atoms with E-state index in [2.05, 4.69) is 228 Å². The summed E-state index contributed by atoms with van der Waals surface area (Å²) in [7, 11) is 0. The quantitative estimate of drug-likeness (QED) is 0.264. The van der Waals surface area contributed by atoms with E-state index in [1.807, 2.05) is 0 Å². The molecule has 0 radical (unpaired) electrons. The van der Waals surface area contributed by atoms with Crippen molar-refractivity contribution in [3.8, 4) is 0 Å². The van der Waals surface area contributed by atoms with E-state index < -0.39 is 0 Å². The summed E-state index contributed by atoms with van der Waals surface area (Å²) in [6.07, 6.45) is 48.2. The molecule has 0 aromatic rings. The Morgan fingerprint density at radius 2 is 0.720 bits per heavy atom. The Kier molecular flexibility index (Phi) is 31.1. The summed E-state index contributed by atoms with van der Waals surface area (Å²) in [5.74, 6) is 15.7. The standard InChI is InChI=1S/2C12H24.C11H20.2C11H22.2C9H16.2C9H18/c1-10(2)7-11(3,4)9-12(5,6)8-10;1-6-10-7-11(2,3)9-12(4,5)8-10;1-4-10-8-5-6-9(7-8)11(10,2)3;1-9-6-10(2,3)8-11(4,5)7-9;1-9-10(2,3)7-6-8-11(9,4)5;1-6-7(2)9-4-3-8(6)5-9;1-2-8-5-7-3-4-9(8)6-7;1-8-4-6-9(2,3)7-5-8;1-8-6-4-5-7-9(8,2)3/h7-9H2,1-6H3;10H,6-9H2,1-5H3;8-10H,4-7H2,1-3H3;2*9H,6-8H2,1-5H3;6-9H,3-5H2,1-2H3;7-9H,2-6H2,1H3;2*8H,4-7H2,1-3H3/t;;;;;6-,7?,8?,9?;;;8-/m.....0..1/s1. The number of hydrogen-bond donors (Lipinski definition) is 0. The zero-order valence-corrected chi connectivity index (χ0v) is 71.0. The molecule has 0 amide bonds. The summed E-state index contributed by atoms with van der Waals surface area (Å²) >= 11 is 0. The van der Waals surface area contributed by atoms with Crippen molar-refractivity contribution in [3.05, 3.63) is 0 Å². The van der Waals surface area contributed by atoms with Crippen molar-refractivity contribution in [2.24, 2.45) is 154 Å². The fraction of sp³-hybridized carbons (Fsp3) is 1.00. The van der Waals surface area contributed by atoms with Crippen LogP contribution in [0.2, 0.25) is 0 Å². The molecule has 0 saturated heterocycles. The molecule has 0 aromatic carbocycles. The van der Waals surface area contributed by atoms with Crippen molar-refractivity contribution in [2.75, 3.05) is 0 Å². The van der Waals surface area contributed by atoms with E-state index in [1.54, 1.807) is 38.5 Å². The topological polar surface area (TPSA) is 0 Å². The maximum absolute atomic E-state index is 2.49. The SMILES string of the molecule is CC1(C)CC(C)(C)CC(C)(C)C1.CC1C(C)(C)CCCC1(C)C.CC1C2CCC(C2)[C@H]1C.CC1CC(C)(C)CC(C)(C)C1.CC1CCC(C)(C)CC1.CCC1C2CCC(C2)C1(C)C.CCC1CC(C)(C)CC(C)(C)C1.CCC1CC2CCC1C2.C[C@@H]1CCCCC1(C)C. The van der Waals surface area contributed by atoms with Gasteiger partial charge in [0, 0.05) is 0 Å². The average Bonchev–Trinajstić information content (AvgIpc) is 1.82. The lowest BCUT2D eigenvalue weighted by molar-refractivity contribution is 0.0202. The van der Waals surface area contributed by atoms with Gasteiger partial charge in [0.25, 0.3) is 0 Å². The Morgan fingerprint density at radius 3 is 1.00 bits per heavy atom. The van der Waals surface area contributed by atoms with Crippen molar-refractivity contribution < 1.29 is 0 Å². The zero-order chi connectivity index (χ0) is 71.0. The second kappa shape index (κ2) is 33.9. The molecule has 0 heterocycles. The minimum Gasteiger partial charge on any atom is -0.0651 e. The first-order valence-corrected chi connectivity index (χ1v) is 42.2. The van der Waals surface area contributed by atoms with E-state index in [-0.39, 0.29) is 0 Å². The molecular formula is C93H180. The van der Waals surface area contributed by atoms with E-state index in [0.29, 0.717) is 65.0 Å². The minimum absolute atomic E-state index is 0.547. The molecule has 12 rings (SSSR count). The van der Waals surface area contributed by atoms with Gasteiger partial charge in [-0.1, -0.05) is 293 Å². The molecule has 11 atom stereocenters. The van der Waals surface area contributed by atoms with Crippen molar-refractivity contribution in [1.29, 1.82) is 0 Å². The van der Waals surface area contributed by atoms with Crippen molar-refractivity contribution in [3.63, 3.8) is 0 Å². The number of fused-ring (bicyclic) bond motifs is 6. The maximum atomic E-state index is 2.49. The highest BCUT2D eigenvalue weighted by atomic mass is 14.6. The first-order chi connectivity index (χ1) is 42.2. The molecule has 0 spiro atoms.